The lowest BCUT2D eigenvalue weighted by Gasteiger charge is -2.31. The Morgan fingerprint density at radius 1 is 1.39 bits per heavy atom. The van der Waals surface area contributed by atoms with Gasteiger partial charge >= 0.3 is 5.97 Å². The predicted molar refractivity (Wildman–Crippen MR) is 72.1 cm³/mol. The zero-order valence-corrected chi connectivity index (χ0v) is 11.4. The number of benzene rings is 1. The van der Waals surface area contributed by atoms with Crippen LogP contribution in [0.2, 0.25) is 10.0 Å². The molecule has 1 N–H and O–H groups in total. The highest BCUT2D eigenvalue weighted by atomic mass is 35.5. The first kappa shape index (κ1) is 13.7. The van der Waals surface area contributed by atoms with Crippen molar-refractivity contribution in [3.63, 3.8) is 0 Å². The third-order valence-corrected chi connectivity index (χ3v) is 4.01. The van der Waals surface area contributed by atoms with Gasteiger partial charge < -0.3 is 5.11 Å². The summed E-state index contributed by atoms with van der Waals surface area (Å²) in [7, 11) is 0. The fourth-order valence-electron chi connectivity index (χ4n) is 2.31. The molecule has 0 aliphatic carbocycles. The average Bonchev–Trinajstić information content (AvgIpc) is 2.34. The molecular weight excluding hydrogens is 273 g/mol. The molecular formula is C13H15Cl2NO2. The summed E-state index contributed by atoms with van der Waals surface area (Å²) in [5, 5.41) is 10.3. The van der Waals surface area contributed by atoms with E-state index in [1.807, 2.05) is 6.07 Å². The maximum atomic E-state index is 11.0. The number of likely N-dealkylation sites (tertiary alicyclic amines) is 1. The molecule has 0 radical (unpaired) electrons. The van der Waals surface area contributed by atoms with Crippen LogP contribution >= 0.6 is 23.2 Å². The number of aliphatic carboxylic acids is 1. The number of nitrogens with zero attached hydrogens (tertiary/aromatic N) is 1. The second-order valence-corrected chi connectivity index (χ2v) is 5.43. The van der Waals surface area contributed by atoms with Crippen LogP contribution in [0.15, 0.2) is 18.2 Å². The first-order valence-corrected chi connectivity index (χ1v) is 6.71. The van der Waals surface area contributed by atoms with Crippen molar-refractivity contribution in [2.24, 2.45) is 5.92 Å². The van der Waals surface area contributed by atoms with E-state index < -0.39 is 5.97 Å². The summed E-state index contributed by atoms with van der Waals surface area (Å²) >= 11 is 12.2. The zero-order valence-electron chi connectivity index (χ0n) is 9.90. The van der Waals surface area contributed by atoms with Crippen molar-refractivity contribution in [3.05, 3.63) is 33.8 Å². The first-order chi connectivity index (χ1) is 8.58. The van der Waals surface area contributed by atoms with Gasteiger partial charge in [-0.05, 0) is 31.5 Å². The van der Waals surface area contributed by atoms with Crippen LogP contribution in [-0.4, -0.2) is 29.1 Å². The Balaban J connectivity index is 2.07. The number of carbonyl (C=O) groups is 1. The summed E-state index contributed by atoms with van der Waals surface area (Å²) in [4.78, 5) is 13.1. The molecule has 0 unspecified atom stereocenters. The van der Waals surface area contributed by atoms with E-state index in [9.17, 15) is 4.79 Å². The molecule has 0 aromatic heterocycles. The maximum absolute atomic E-state index is 11.0. The minimum atomic E-state index is -0.718. The first-order valence-electron chi connectivity index (χ1n) is 5.96. The van der Waals surface area contributed by atoms with Crippen molar-refractivity contribution in [1.29, 1.82) is 0 Å². The van der Waals surface area contributed by atoms with E-state index in [4.69, 9.17) is 28.3 Å². The van der Waals surface area contributed by atoms with Gasteiger partial charge in [0.05, 0.1) is 5.92 Å². The van der Waals surface area contributed by atoms with Crippen LogP contribution in [0.1, 0.15) is 18.4 Å². The van der Waals surface area contributed by atoms with E-state index in [0.29, 0.717) is 23.1 Å². The number of piperidine rings is 1. The van der Waals surface area contributed by atoms with Crippen molar-refractivity contribution in [1.82, 2.24) is 4.90 Å². The van der Waals surface area contributed by atoms with Crippen molar-refractivity contribution in [3.8, 4) is 0 Å². The Hall–Kier alpha value is -0.770. The van der Waals surface area contributed by atoms with E-state index in [0.717, 1.165) is 24.9 Å². The molecule has 5 heteroatoms. The van der Waals surface area contributed by atoms with E-state index in [1.165, 1.54) is 0 Å². The van der Waals surface area contributed by atoms with Gasteiger partial charge in [0.15, 0.2) is 0 Å². The van der Waals surface area contributed by atoms with E-state index in [-0.39, 0.29) is 5.92 Å². The largest absolute Gasteiger partial charge is 0.481 e. The smallest absolute Gasteiger partial charge is 0.307 e. The molecule has 1 heterocycles. The molecule has 1 aromatic carbocycles. The topological polar surface area (TPSA) is 40.5 Å². The highest BCUT2D eigenvalue weighted by molar-refractivity contribution is 6.35. The van der Waals surface area contributed by atoms with Crippen molar-refractivity contribution in [2.45, 2.75) is 19.4 Å². The monoisotopic (exact) mass is 287 g/mol. The van der Waals surface area contributed by atoms with Gasteiger partial charge in [-0.25, -0.2) is 0 Å². The van der Waals surface area contributed by atoms with Gasteiger partial charge in [-0.1, -0.05) is 29.3 Å². The third kappa shape index (κ3) is 3.16. The molecule has 2 rings (SSSR count). The molecule has 3 nitrogen and oxygen atoms in total. The molecule has 0 saturated carbocycles. The minimum absolute atomic E-state index is 0.278. The standard InChI is InChI=1S/C13H15Cl2NO2/c14-11-4-1-5-12(15)10(11)8-16-6-2-3-9(7-16)13(17)18/h1,4-5,9H,2-3,6-8H2,(H,17,18)/t9-/m0/s1. The molecule has 0 amide bonds. The van der Waals surface area contributed by atoms with Gasteiger partial charge in [0, 0.05) is 28.7 Å². The molecule has 1 atom stereocenters. The second-order valence-electron chi connectivity index (χ2n) is 4.61. The Bertz CT molecular complexity index is 430. The highest BCUT2D eigenvalue weighted by Gasteiger charge is 2.25. The van der Waals surface area contributed by atoms with Crippen molar-refractivity contribution < 1.29 is 9.90 Å². The zero-order chi connectivity index (χ0) is 13.1. The van der Waals surface area contributed by atoms with E-state index >= 15 is 0 Å². The Labute approximate surface area is 116 Å². The molecule has 98 valence electrons. The van der Waals surface area contributed by atoms with Crippen LogP contribution in [-0.2, 0) is 11.3 Å². The molecule has 0 bridgehead atoms. The van der Waals surface area contributed by atoms with Crippen molar-refractivity contribution >= 4 is 29.2 Å². The van der Waals surface area contributed by atoms with Gasteiger partial charge in [-0.3, -0.25) is 9.69 Å². The van der Waals surface area contributed by atoms with Gasteiger partial charge in [-0.15, -0.1) is 0 Å². The van der Waals surface area contributed by atoms with Gasteiger partial charge in [0.25, 0.3) is 0 Å². The molecule has 1 aliphatic heterocycles. The number of hydrogen-bond acceptors (Lipinski definition) is 2. The summed E-state index contributed by atoms with van der Waals surface area (Å²) < 4.78 is 0. The molecule has 1 aromatic rings. The number of carboxylic acid groups (broad SMARTS) is 1. The summed E-state index contributed by atoms with van der Waals surface area (Å²) in [6.07, 6.45) is 1.65. The molecule has 0 spiro atoms. The Morgan fingerprint density at radius 2 is 2.06 bits per heavy atom. The van der Waals surface area contributed by atoms with Gasteiger partial charge in [0.1, 0.15) is 0 Å². The van der Waals surface area contributed by atoms with Crippen LogP contribution in [0.5, 0.6) is 0 Å². The normalized spacial score (nSPS) is 20.9. The number of rotatable bonds is 3. The number of hydrogen-bond donors (Lipinski definition) is 1. The maximum Gasteiger partial charge on any atom is 0.307 e. The quantitative estimate of drug-likeness (QED) is 0.927. The summed E-state index contributed by atoms with van der Waals surface area (Å²) in [6, 6.07) is 5.42. The fourth-order valence-corrected chi connectivity index (χ4v) is 2.82. The third-order valence-electron chi connectivity index (χ3n) is 3.30. The molecule has 1 fully saturated rings. The lowest BCUT2D eigenvalue weighted by atomic mass is 9.98. The molecule has 1 aliphatic rings. The molecule has 1 saturated heterocycles. The second kappa shape index (κ2) is 5.91. The average molecular weight is 288 g/mol. The predicted octanol–water partition coefficient (Wildman–Crippen LogP) is 3.29. The number of carboxylic acids is 1. The van der Waals surface area contributed by atoms with Crippen LogP contribution in [0, 0.1) is 5.92 Å². The Morgan fingerprint density at radius 3 is 2.67 bits per heavy atom. The highest BCUT2D eigenvalue weighted by Crippen LogP contribution is 2.27. The van der Waals surface area contributed by atoms with Gasteiger partial charge in [0.2, 0.25) is 0 Å². The van der Waals surface area contributed by atoms with Crippen LogP contribution in [0.25, 0.3) is 0 Å². The Kier molecular flexibility index (Phi) is 4.49. The molecule has 18 heavy (non-hydrogen) atoms. The lowest BCUT2D eigenvalue weighted by Crippen LogP contribution is -2.38. The van der Waals surface area contributed by atoms with E-state index in [2.05, 4.69) is 4.90 Å². The SMILES string of the molecule is O=C(O)[C@H]1CCCN(Cc2c(Cl)cccc2Cl)C1. The van der Waals surface area contributed by atoms with Crippen LogP contribution in [0.4, 0.5) is 0 Å². The summed E-state index contributed by atoms with van der Waals surface area (Å²) in [5.41, 5.74) is 0.881. The minimum Gasteiger partial charge on any atom is -0.481 e. The van der Waals surface area contributed by atoms with Gasteiger partial charge in [-0.2, -0.15) is 0 Å². The van der Waals surface area contributed by atoms with Crippen LogP contribution < -0.4 is 0 Å². The van der Waals surface area contributed by atoms with E-state index in [1.54, 1.807) is 12.1 Å². The van der Waals surface area contributed by atoms with Crippen LogP contribution in [0.3, 0.4) is 0 Å². The lowest BCUT2D eigenvalue weighted by molar-refractivity contribution is -0.143. The fraction of sp³-hybridized carbons (Fsp3) is 0.462. The summed E-state index contributed by atoms with van der Waals surface area (Å²) in [5.74, 6) is -0.995. The van der Waals surface area contributed by atoms with Crippen molar-refractivity contribution in [2.75, 3.05) is 13.1 Å². The summed E-state index contributed by atoms with van der Waals surface area (Å²) in [6.45, 7) is 2.07. The number of halogens is 2.